The van der Waals surface area contributed by atoms with Crippen LogP contribution in [0.15, 0.2) is 24.3 Å². The maximum atomic E-state index is 9.14. The third kappa shape index (κ3) is 4.74. The standard InChI is InChI=1S/C14H20N2O2/c1-11(2)18-13-6-3-5-12(9-13)14(10-15)16-7-4-8-17/h3,5-6,9,11,14,16-17H,4,7-8H2,1-2H3. The largest absolute Gasteiger partial charge is 0.491 e. The van der Waals surface area contributed by atoms with E-state index in [0.717, 1.165) is 11.3 Å². The van der Waals surface area contributed by atoms with Crippen LogP contribution in [0.2, 0.25) is 0 Å². The molecule has 1 unspecified atom stereocenters. The summed E-state index contributed by atoms with van der Waals surface area (Å²) in [5.74, 6) is 0.770. The van der Waals surface area contributed by atoms with Crippen LogP contribution in [-0.2, 0) is 0 Å². The quantitative estimate of drug-likeness (QED) is 0.724. The minimum Gasteiger partial charge on any atom is -0.491 e. The van der Waals surface area contributed by atoms with Gasteiger partial charge in [0.05, 0.1) is 12.2 Å². The first-order chi connectivity index (χ1) is 8.67. The van der Waals surface area contributed by atoms with Crippen molar-refractivity contribution in [2.75, 3.05) is 13.2 Å². The van der Waals surface area contributed by atoms with Gasteiger partial charge in [0.1, 0.15) is 11.8 Å². The molecule has 1 aromatic rings. The Morgan fingerprint density at radius 3 is 2.83 bits per heavy atom. The van der Waals surface area contributed by atoms with E-state index < -0.39 is 0 Å². The van der Waals surface area contributed by atoms with E-state index in [1.165, 1.54) is 0 Å². The Balaban J connectivity index is 2.70. The molecular formula is C14H20N2O2. The van der Waals surface area contributed by atoms with Gasteiger partial charge in [-0.25, -0.2) is 0 Å². The van der Waals surface area contributed by atoms with Crippen molar-refractivity contribution >= 4 is 0 Å². The second kappa shape index (κ2) is 7.70. The molecule has 0 radical (unpaired) electrons. The Morgan fingerprint density at radius 1 is 1.44 bits per heavy atom. The number of aliphatic hydroxyl groups excluding tert-OH is 1. The van der Waals surface area contributed by atoms with Crippen molar-refractivity contribution in [1.29, 1.82) is 5.26 Å². The van der Waals surface area contributed by atoms with Gasteiger partial charge in [-0.3, -0.25) is 5.32 Å². The van der Waals surface area contributed by atoms with Crippen molar-refractivity contribution in [1.82, 2.24) is 5.32 Å². The first-order valence-electron chi connectivity index (χ1n) is 6.18. The molecule has 0 amide bonds. The van der Waals surface area contributed by atoms with Crippen molar-refractivity contribution in [2.45, 2.75) is 32.4 Å². The van der Waals surface area contributed by atoms with Gasteiger partial charge in [0.15, 0.2) is 0 Å². The molecule has 98 valence electrons. The summed E-state index contributed by atoms with van der Waals surface area (Å²) in [6.07, 6.45) is 0.753. The van der Waals surface area contributed by atoms with E-state index in [4.69, 9.17) is 15.1 Å². The van der Waals surface area contributed by atoms with Crippen LogP contribution in [-0.4, -0.2) is 24.4 Å². The molecule has 0 spiro atoms. The number of ether oxygens (including phenoxy) is 1. The molecule has 1 rings (SSSR count). The predicted molar refractivity (Wildman–Crippen MR) is 70.3 cm³/mol. The van der Waals surface area contributed by atoms with Gasteiger partial charge in [0, 0.05) is 6.61 Å². The van der Waals surface area contributed by atoms with E-state index in [0.29, 0.717) is 13.0 Å². The maximum absolute atomic E-state index is 9.14. The van der Waals surface area contributed by atoms with E-state index in [9.17, 15) is 0 Å². The maximum Gasteiger partial charge on any atom is 0.121 e. The molecule has 1 atom stereocenters. The molecule has 18 heavy (non-hydrogen) atoms. The van der Waals surface area contributed by atoms with Crippen LogP contribution < -0.4 is 10.1 Å². The second-order valence-corrected chi connectivity index (χ2v) is 4.33. The zero-order valence-corrected chi connectivity index (χ0v) is 10.9. The monoisotopic (exact) mass is 248 g/mol. The van der Waals surface area contributed by atoms with Gasteiger partial charge in [-0.1, -0.05) is 12.1 Å². The van der Waals surface area contributed by atoms with Crippen LogP contribution in [0.3, 0.4) is 0 Å². The van der Waals surface area contributed by atoms with Crippen molar-refractivity contribution in [2.24, 2.45) is 0 Å². The summed E-state index contributed by atoms with van der Waals surface area (Å²) in [6, 6.07) is 9.37. The first-order valence-corrected chi connectivity index (χ1v) is 6.18. The van der Waals surface area contributed by atoms with Crippen molar-refractivity contribution in [3.8, 4) is 11.8 Å². The highest BCUT2D eigenvalue weighted by Gasteiger charge is 2.10. The van der Waals surface area contributed by atoms with E-state index in [1.807, 2.05) is 38.1 Å². The number of nitriles is 1. The lowest BCUT2D eigenvalue weighted by Crippen LogP contribution is -2.21. The van der Waals surface area contributed by atoms with Gasteiger partial charge in [-0.15, -0.1) is 0 Å². The van der Waals surface area contributed by atoms with E-state index in [-0.39, 0.29) is 18.8 Å². The van der Waals surface area contributed by atoms with E-state index >= 15 is 0 Å². The average Bonchev–Trinajstić information content (AvgIpc) is 2.34. The van der Waals surface area contributed by atoms with Gasteiger partial charge in [0.2, 0.25) is 0 Å². The van der Waals surface area contributed by atoms with E-state index in [1.54, 1.807) is 0 Å². The third-order valence-corrected chi connectivity index (χ3v) is 2.38. The summed E-state index contributed by atoms with van der Waals surface area (Å²) in [4.78, 5) is 0. The van der Waals surface area contributed by atoms with Crippen LogP contribution in [0.4, 0.5) is 0 Å². The first kappa shape index (κ1) is 14.5. The highest BCUT2D eigenvalue weighted by Crippen LogP contribution is 2.19. The Morgan fingerprint density at radius 2 is 2.22 bits per heavy atom. The normalized spacial score (nSPS) is 12.2. The van der Waals surface area contributed by atoms with Crippen LogP contribution in [0.1, 0.15) is 31.9 Å². The van der Waals surface area contributed by atoms with Crippen LogP contribution in [0, 0.1) is 11.3 Å². The number of rotatable bonds is 7. The highest BCUT2D eigenvalue weighted by atomic mass is 16.5. The summed E-state index contributed by atoms with van der Waals surface area (Å²) in [5, 5.41) is 20.9. The topological polar surface area (TPSA) is 65.3 Å². The SMILES string of the molecule is CC(C)Oc1cccc(C(C#N)NCCCO)c1. The van der Waals surface area contributed by atoms with Gasteiger partial charge >= 0.3 is 0 Å². The summed E-state index contributed by atoms with van der Waals surface area (Å²) < 4.78 is 5.60. The Kier molecular flexibility index (Phi) is 6.20. The molecule has 0 saturated carbocycles. The average molecular weight is 248 g/mol. The molecule has 0 bridgehead atoms. The molecule has 0 aromatic heterocycles. The molecule has 2 N–H and O–H groups in total. The minimum absolute atomic E-state index is 0.114. The number of aliphatic hydroxyl groups is 1. The molecule has 0 aliphatic carbocycles. The van der Waals surface area contributed by atoms with Crippen molar-refractivity contribution in [3.63, 3.8) is 0 Å². The van der Waals surface area contributed by atoms with Crippen LogP contribution in [0.25, 0.3) is 0 Å². The lowest BCUT2D eigenvalue weighted by molar-refractivity contribution is 0.242. The predicted octanol–water partition coefficient (Wildman–Crippen LogP) is 2.01. The molecular weight excluding hydrogens is 228 g/mol. The fraction of sp³-hybridized carbons (Fsp3) is 0.500. The van der Waals surface area contributed by atoms with Crippen LogP contribution >= 0.6 is 0 Å². The van der Waals surface area contributed by atoms with Crippen molar-refractivity contribution in [3.05, 3.63) is 29.8 Å². The fourth-order valence-corrected chi connectivity index (χ4v) is 1.60. The van der Waals surface area contributed by atoms with Crippen LogP contribution in [0.5, 0.6) is 5.75 Å². The van der Waals surface area contributed by atoms with Gasteiger partial charge in [-0.05, 0) is 44.5 Å². The number of nitrogens with one attached hydrogen (secondary N) is 1. The van der Waals surface area contributed by atoms with Gasteiger partial charge in [-0.2, -0.15) is 5.26 Å². The molecule has 4 heteroatoms. The Labute approximate surface area is 108 Å². The molecule has 0 saturated heterocycles. The Hall–Kier alpha value is -1.57. The molecule has 0 heterocycles. The second-order valence-electron chi connectivity index (χ2n) is 4.33. The van der Waals surface area contributed by atoms with Gasteiger partial charge < -0.3 is 9.84 Å². The van der Waals surface area contributed by atoms with Gasteiger partial charge in [0.25, 0.3) is 0 Å². The molecule has 4 nitrogen and oxygen atoms in total. The molecule has 0 fully saturated rings. The van der Waals surface area contributed by atoms with Crippen molar-refractivity contribution < 1.29 is 9.84 Å². The fourth-order valence-electron chi connectivity index (χ4n) is 1.60. The lowest BCUT2D eigenvalue weighted by Gasteiger charge is -2.14. The third-order valence-electron chi connectivity index (χ3n) is 2.38. The highest BCUT2D eigenvalue weighted by molar-refractivity contribution is 5.33. The summed E-state index contributed by atoms with van der Waals surface area (Å²) in [6.45, 7) is 4.67. The molecule has 0 aliphatic heterocycles. The number of hydrogen-bond acceptors (Lipinski definition) is 4. The zero-order chi connectivity index (χ0) is 13.4. The summed E-state index contributed by atoms with van der Waals surface area (Å²) in [7, 11) is 0. The number of hydrogen-bond donors (Lipinski definition) is 2. The summed E-state index contributed by atoms with van der Waals surface area (Å²) in [5.41, 5.74) is 0.883. The number of nitrogens with zero attached hydrogens (tertiary/aromatic N) is 1. The minimum atomic E-state index is -0.368. The molecule has 0 aliphatic rings. The number of benzene rings is 1. The van der Waals surface area contributed by atoms with E-state index in [2.05, 4.69) is 11.4 Å². The summed E-state index contributed by atoms with van der Waals surface area (Å²) >= 11 is 0. The Bertz CT molecular complexity index is 399. The zero-order valence-electron chi connectivity index (χ0n) is 10.9. The molecule has 1 aromatic carbocycles. The lowest BCUT2D eigenvalue weighted by atomic mass is 10.1. The smallest absolute Gasteiger partial charge is 0.121 e.